The molecule has 0 bridgehead atoms. The Hall–Kier alpha value is -5.14. The molecule has 0 aliphatic heterocycles. The van der Waals surface area contributed by atoms with E-state index in [2.05, 4.69) is 25.5 Å². The SMILES string of the molecule is CNc1nc(-c2ccc(NC(=O)Oc3ccc([N+](=O)[O-])cc3)cc2)nn1-c1ccc(OC(F)(F)F)cc1. The lowest BCUT2D eigenvalue weighted by Crippen LogP contribution is -2.17. The maximum Gasteiger partial charge on any atom is 0.573 e. The fourth-order valence-electron chi connectivity index (χ4n) is 3.15. The zero-order chi connectivity index (χ0) is 26.6. The molecular formula is C23H17F3N6O5. The van der Waals surface area contributed by atoms with Gasteiger partial charge in [0.15, 0.2) is 5.82 Å². The van der Waals surface area contributed by atoms with E-state index in [0.717, 1.165) is 0 Å². The Labute approximate surface area is 206 Å². The summed E-state index contributed by atoms with van der Waals surface area (Å²) in [6, 6.07) is 16.7. The monoisotopic (exact) mass is 514 g/mol. The highest BCUT2D eigenvalue weighted by Crippen LogP contribution is 2.26. The van der Waals surface area contributed by atoms with E-state index < -0.39 is 17.4 Å². The van der Waals surface area contributed by atoms with Crippen LogP contribution in [0.15, 0.2) is 72.8 Å². The van der Waals surface area contributed by atoms with Gasteiger partial charge in [0.05, 0.1) is 10.6 Å². The van der Waals surface area contributed by atoms with Crippen LogP contribution in [0, 0.1) is 10.1 Å². The van der Waals surface area contributed by atoms with Crippen LogP contribution in [0.25, 0.3) is 17.1 Å². The van der Waals surface area contributed by atoms with Crippen LogP contribution in [-0.4, -0.2) is 39.2 Å². The van der Waals surface area contributed by atoms with Crippen LogP contribution in [0.5, 0.6) is 11.5 Å². The number of carbonyl (C=O) groups is 1. The van der Waals surface area contributed by atoms with Crippen molar-refractivity contribution >= 4 is 23.4 Å². The Bertz CT molecular complexity index is 1410. The molecule has 0 saturated carbocycles. The normalized spacial score (nSPS) is 11.0. The molecule has 0 atom stereocenters. The number of non-ortho nitro benzene ring substituents is 1. The van der Waals surface area contributed by atoms with Gasteiger partial charge in [0.1, 0.15) is 11.5 Å². The average molecular weight is 514 g/mol. The topological polar surface area (TPSA) is 133 Å². The predicted molar refractivity (Wildman–Crippen MR) is 126 cm³/mol. The number of amides is 1. The number of hydrogen-bond donors (Lipinski definition) is 2. The van der Waals surface area contributed by atoms with Gasteiger partial charge in [0.2, 0.25) is 5.95 Å². The number of rotatable bonds is 7. The summed E-state index contributed by atoms with van der Waals surface area (Å²) in [5.41, 5.74) is 1.32. The number of nitrogens with zero attached hydrogens (tertiary/aromatic N) is 4. The summed E-state index contributed by atoms with van der Waals surface area (Å²) in [6.45, 7) is 0. The molecule has 0 radical (unpaired) electrons. The number of nitro groups is 1. The van der Waals surface area contributed by atoms with Crippen molar-refractivity contribution in [1.29, 1.82) is 0 Å². The van der Waals surface area contributed by atoms with Crippen LogP contribution in [0.3, 0.4) is 0 Å². The average Bonchev–Trinajstić information content (AvgIpc) is 3.29. The van der Waals surface area contributed by atoms with Crippen molar-refractivity contribution in [1.82, 2.24) is 14.8 Å². The smallest absolute Gasteiger partial charge is 0.410 e. The molecule has 3 aromatic carbocycles. The van der Waals surface area contributed by atoms with E-state index in [0.29, 0.717) is 28.7 Å². The second-order valence-electron chi connectivity index (χ2n) is 7.31. The molecule has 0 aliphatic carbocycles. The van der Waals surface area contributed by atoms with Crippen molar-refractivity contribution in [2.75, 3.05) is 17.7 Å². The Morgan fingerprint density at radius 3 is 2.16 bits per heavy atom. The molecular weight excluding hydrogens is 497 g/mol. The minimum absolute atomic E-state index is 0.131. The van der Waals surface area contributed by atoms with Gasteiger partial charge in [-0.25, -0.2) is 4.79 Å². The molecule has 1 heterocycles. The Balaban J connectivity index is 1.44. The van der Waals surface area contributed by atoms with Crippen molar-refractivity contribution in [2.24, 2.45) is 0 Å². The molecule has 0 spiro atoms. The number of hydrogen-bond acceptors (Lipinski definition) is 8. The maximum absolute atomic E-state index is 12.4. The number of nitro benzene ring substituents is 1. The zero-order valence-electron chi connectivity index (χ0n) is 18.9. The first-order valence-electron chi connectivity index (χ1n) is 10.5. The number of nitrogens with one attached hydrogen (secondary N) is 2. The summed E-state index contributed by atoms with van der Waals surface area (Å²) < 4.78 is 47.6. The quantitative estimate of drug-likeness (QED) is 0.248. The van der Waals surface area contributed by atoms with E-state index >= 15 is 0 Å². The van der Waals surface area contributed by atoms with Gasteiger partial charge in [-0.05, 0) is 60.7 Å². The largest absolute Gasteiger partial charge is 0.573 e. The van der Waals surface area contributed by atoms with Crippen molar-refractivity contribution in [3.63, 3.8) is 0 Å². The van der Waals surface area contributed by atoms with Gasteiger partial charge in [0, 0.05) is 30.4 Å². The number of halogens is 3. The van der Waals surface area contributed by atoms with Crippen LogP contribution in [0.4, 0.5) is 35.3 Å². The second kappa shape index (κ2) is 10.2. The highest BCUT2D eigenvalue weighted by molar-refractivity contribution is 5.86. The van der Waals surface area contributed by atoms with E-state index in [4.69, 9.17) is 4.74 Å². The van der Waals surface area contributed by atoms with Crippen LogP contribution < -0.4 is 20.1 Å². The number of alkyl halides is 3. The molecule has 4 rings (SSSR count). The second-order valence-corrected chi connectivity index (χ2v) is 7.31. The summed E-state index contributed by atoms with van der Waals surface area (Å²) in [5.74, 6) is 0.429. The van der Waals surface area contributed by atoms with Crippen LogP contribution in [-0.2, 0) is 0 Å². The fraction of sp³-hybridized carbons (Fsp3) is 0.0870. The number of benzene rings is 3. The first-order chi connectivity index (χ1) is 17.6. The summed E-state index contributed by atoms with van der Waals surface area (Å²) in [4.78, 5) is 26.7. The Morgan fingerprint density at radius 2 is 1.59 bits per heavy atom. The summed E-state index contributed by atoms with van der Waals surface area (Å²) >= 11 is 0. The lowest BCUT2D eigenvalue weighted by atomic mass is 10.2. The molecule has 190 valence electrons. The molecule has 0 saturated heterocycles. The molecule has 0 fully saturated rings. The molecule has 0 aliphatic rings. The van der Waals surface area contributed by atoms with Gasteiger partial charge < -0.3 is 14.8 Å². The van der Waals surface area contributed by atoms with E-state index in [1.165, 1.54) is 53.2 Å². The number of ether oxygens (including phenoxy) is 2. The van der Waals surface area contributed by atoms with Gasteiger partial charge in [-0.2, -0.15) is 9.67 Å². The van der Waals surface area contributed by atoms with E-state index in [1.807, 2.05) is 0 Å². The van der Waals surface area contributed by atoms with E-state index in [9.17, 15) is 28.1 Å². The predicted octanol–water partition coefficient (Wildman–Crippen LogP) is 5.39. The standard InChI is InChI=1S/C23H17F3N6O5/c1-27-21-29-20(30-31(21)16-6-12-19(13-7-16)37-23(24,25)26)14-2-4-15(5-3-14)28-22(33)36-18-10-8-17(9-11-18)32(34)35/h2-13H,1H3,(H,28,33)(H,27,29,30). The molecule has 1 amide bonds. The Kier molecular flexibility index (Phi) is 6.90. The Morgan fingerprint density at radius 1 is 0.973 bits per heavy atom. The minimum Gasteiger partial charge on any atom is -0.410 e. The summed E-state index contributed by atoms with van der Waals surface area (Å²) in [6.07, 6.45) is -5.58. The third-order valence-corrected chi connectivity index (χ3v) is 4.79. The van der Waals surface area contributed by atoms with Crippen molar-refractivity contribution < 1.29 is 32.4 Å². The first-order valence-corrected chi connectivity index (χ1v) is 10.5. The summed E-state index contributed by atoms with van der Waals surface area (Å²) in [7, 11) is 1.62. The van der Waals surface area contributed by atoms with Gasteiger partial charge in [-0.15, -0.1) is 18.3 Å². The van der Waals surface area contributed by atoms with Crippen molar-refractivity contribution in [3.8, 4) is 28.6 Å². The summed E-state index contributed by atoms with van der Waals surface area (Å²) in [5, 5.41) is 20.5. The first kappa shape index (κ1) is 25.0. The molecule has 1 aromatic heterocycles. The number of aromatic nitrogens is 3. The van der Waals surface area contributed by atoms with Crippen LogP contribution in [0.2, 0.25) is 0 Å². The zero-order valence-corrected chi connectivity index (χ0v) is 18.9. The lowest BCUT2D eigenvalue weighted by molar-refractivity contribution is -0.384. The van der Waals surface area contributed by atoms with E-state index in [-0.39, 0.29) is 17.2 Å². The van der Waals surface area contributed by atoms with Gasteiger partial charge in [-0.1, -0.05) is 0 Å². The number of carbonyl (C=O) groups excluding carboxylic acids is 1. The van der Waals surface area contributed by atoms with Gasteiger partial charge in [0.25, 0.3) is 5.69 Å². The molecule has 2 N–H and O–H groups in total. The van der Waals surface area contributed by atoms with E-state index in [1.54, 1.807) is 31.3 Å². The highest BCUT2D eigenvalue weighted by atomic mass is 19.4. The number of anilines is 2. The van der Waals surface area contributed by atoms with Crippen molar-refractivity contribution in [2.45, 2.75) is 6.36 Å². The molecule has 4 aromatic rings. The molecule has 11 nitrogen and oxygen atoms in total. The molecule has 0 unspecified atom stereocenters. The lowest BCUT2D eigenvalue weighted by Gasteiger charge is -2.10. The molecule has 14 heteroatoms. The van der Waals surface area contributed by atoms with Crippen LogP contribution in [0.1, 0.15) is 0 Å². The third-order valence-electron chi connectivity index (χ3n) is 4.79. The van der Waals surface area contributed by atoms with Crippen molar-refractivity contribution in [3.05, 3.63) is 82.9 Å². The highest BCUT2D eigenvalue weighted by Gasteiger charge is 2.31. The third kappa shape index (κ3) is 6.30. The van der Waals surface area contributed by atoms with Gasteiger partial charge in [-0.3, -0.25) is 15.4 Å². The fourth-order valence-corrected chi connectivity index (χ4v) is 3.15. The molecule has 37 heavy (non-hydrogen) atoms. The van der Waals surface area contributed by atoms with Gasteiger partial charge >= 0.3 is 12.5 Å². The maximum atomic E-state index is 12.4. The van der Waals surface area contributed by atoms with Crippen LogP contribution >= 0.6 is 0 Å². The minimum atomic E-state index is -4.79.